The van der Waals surface area contributed by atoms with Crippen LogP contribution in [0.4, 0.5) is 0 Å². The fraction of sp³-hybridized carbons (Fsp3) is 1.00. The topological polar surface area (TPSA) is 52.5 Å². The van der Waals surface area contributed by atoms with E-state index >= 15 is 0 Å². The summed E-state index contributed by atoms with van der Waals surface area (Å²) < 4.78 is 0. The molecular weight excluding hydrogens is 130 g/mol. The summed E-state index contributed by atoms with van der Waals surface area (Å²) in [6.45, 7) is 0.646. The number of nitrogens with one attached hydrogen (secondary N) is 1. The zero-order chi connectivity index (χ0) is 7.19. The Kier molecular flexibility index (Phi) is 1.27. The molecule has 0 amide bonds. The van der Waals surface area contributed by atoms with Crippen molar-refractivity contribution in [2.75, 3.05) is 6.54 Å². The van der Waals surface area contributed by atoms with E-state index in [1.165, 1.54) is 0 Å². The van der Waals surface area contributed by atoms with Gasteiger partial charge in [0.05, 0.1) is 11.7 Å². The molecule has 0 radical (unpaired) electrons. The summed E-state index contributed by atoms with van der Waals surface area (Å²) in [5.74, 6) is 0. The predicted octanol–water partition coefficient (Wildman–Crippen LogP) is -0.766. The molecule has 1 saturated carbocycles. The van der Waals surface area contributed by atoms with Gasteiger partial charge in [0, 0.05) is 12.6 Å². The Morgan fingerprint density at radius 2 is 2.10 bits per heavy atom. The van der Waals surface area contributed by atoms with Gasteiger partial charge in [-0.25, -0.2) is 0 Å². The van der Waals surface area contributed by atoms with E-state index in [9.17, 15) is 5.11 Å². The summed E-state index contributed by atoms with van der Waals surface area (Å²) >= 11 is 0. The minimum Gasteiger partial charge on any atom is -0.392 e. The number of β-amino-alcohol motifs (C(OH)–C–C–N with tert-alkyl or cyclic N) is 1. The largest absolute Gasteiger partial charge is 0.392 e. The Morgan fingerprint density at radius 1 is 1.40 bits per heavy atom. The smallest absolute Gasteiger partial charge is 0.0803 e. The zero-order valence-corrected chi connectivity index (χ0v) is 5.88. The molecule has 1 saturated heterocycles. The lowest BCUT2D eigenvalue weighted by atomic mass is 10.1. The molecule has 58 valence electrons. The third-order valence-corrected chi connectivity index (χ3v) is 2.52. The summed E-state index contributed by atoms with van der Waals surface area (Å²) in [6, 6.07) is 0.155. The summed E-state index contributed by atoms with van der Waals surface area (Å²) in [7, 11) is 0. The zero-order valence-electron chi connectivity index (χ0n) is 5.88. The molecule has 1 heterocycles. The maximum absolute atomic E-state index is 9.57. The monoisotopic (exact) mass is 143 g/mol. The molecule has 0 spiro atoms. The Hall–Kier alpha value is -0.120. The molecule has 3 nitrogen and oxygen atoms in total. The fourth-order valence-corrected chi connectivity index (χ4v) is 1.60. The van der Waals surface area contributed by atoms with E-state index in [2.05, 4.69) is 5.32 Å². The molecule has 3 heteroatoms. The van der Waals surface area contributed by atoms with E-state index in [4.69, 9.17) is 5.11 Å². The van der Waals surface area contributed by atoms with Gasteiger partial charge >= 0.3 is 0 Å². The summed E-state index contributed by atoms with van der Waals surface area (Å²) in [4.78, 5) is 0. The Morgan fingerprint density at radius 3 is 2.50 bits per heavy atom. The van der Waals surface area contributed by atoms with Crippen LogP contribution in [-0.2, 0) is 0 Å². The normalized spacial score (nSPS) is 43.8. The Labute approximate surface area is 60.1 Å². The summed E-state index contributed by atoms with van der Waals surface area (Å²) in [5.41, 5.74) is -0.461. The van der Waals surface area contributed by atoms with E-state index in [0.29, 0.717) is 6.54 Å². The summed E-state index contributed by atoms with van der Waals surface area (Å²) in [5, 5.41) is 21.8. The van der Waals surface area contributed by atoms with Crippen molar-refractivity contribution in [2.45, 2.75) is 37.0 Å². The van der Waals surface area contributed by atoms with Crippen molar-refractivity contribution in [3.63, 3.8) is 0 Å². The maximum Gasteiger partial charge on any atom is 0.0803 e. The Bertz CT molecular complexity index is 145. The molecule has 2 rings (SSSR count). The van der Waals surface area contributed by atoms with Crippen LogP contribution in [0.15, 0.2) is 0 Å². The molecule has 1 aliphatic carbocycles. The van der Waals surface area contributed by atoms with E-state index in [1.54, 1.807) is 0 Å². The van der Waals surface area contributed by atoms with E-state index in [0.717, 1.165) is 19.3 Å². The molecule has 2 atom stereocenters. The second-order valence-electron chi connectivity index (χ2n) is 3.45. The van der Waals surface area contributed by atoms with Gasteiger partial charge in [0.15, 0.2) is 0 Å². The lowest BCUT2D eigenvalue weighted by Crippen LogP contribution is -2.36. The van der Waals surface area contributed by atoms with Crippen LogP contribution in [0.25, 0.3) is 0 Å². The van der Waals surface area contributed by atoms with Gasteiger partial charge in [-0.05, 0) is 19.3 Å². The molecule has 0 aromatic carbocycles. The third kappa shape index (κ3) is 0.944. The number of hydrogen-bond acceptors (Lipinski definition) is 3. The first-order valence-electron chi connectivity index (χ1n) is 3.84. The van der Waals surface area contributed by atoms with Crippen molar-refractivity contribution in [1.29, 1.82) is 0 Å². The molecule has 0 bridgehead atoms. The predicted molar refractivity (Wildman–Crippen MR) is 36.6 cm³/mol. The van der Waals surface area contributed by atoms with Crippen LogP contribution in [0.5, 0.6) is 0 Å². The van der Waals surface area contributed by atoms with Crippen molar-refractivity contribution in [3.8, 4) is 0 Å². The van der Waals surface area contributed by atoms with Gasteiger partial charge < -0.3 is 15.5 Å². The van der Waals surface area contributed by atoms with E-state index in [1.807, 2.05) is 0 Å². The molecule has 2 aliphatic rings. The van der Waals surface area contributed by atoms with Crippen molar-refractivity contribution in [3.05, 3.63) is 0 Å². The fourth-order valence-electron chi connectivity index (χ4n) is 1.60. The standard InChI is InChI=1S/C7H13NO2/c9-5-3-6(8-4-5)7(10)1-2-7/h5-6,8-10H,1-4H2. The minimum atomic E-state index is -0.461. The number of rotatable bonds is 1. The van der Waals surface area contributed by atoms with Gasteiger partial charge in [0.25, 0.3) is 0 Å². The number of aliphatic hydroxyl groups is 2. The third-order valence-electron chi connectivity index (χ3n) is 2.52. The van der Waals surface area contributed by atoms with Gasteiger partial charge in [-0.15, -0.1) is 0 Å². The van der Waals surface area contributed by atoms with Gasteiger partial charge in [0.2, 0.25) is 0 Å². The van der Waals surface area contributed by atoms with Gasteiger partial charge in [-0.1, -0.05) is 0 Å². The first kappa shape index (κ1) is 6.58. The molecule has 2 fully saturated rings. The van der Waals surface area contributed by atoms with Crippen LogP contribution in [-0.4, -0.2) is 34.5 Å². The average Bonchev–Trinajstić information content (AvgIpc) is 2.45. The summed E-state index contributed by atoms with van der Waals surface area (Å²) in [6.07, 6.45) is 2.28. The van der Waals surface area contributed by atoms with E-state index in [-0.39, 0.29) is 12.1 Å². The molecular formula is C7H13NO2. The highest BCUT2D eigenvalue weighted by Gasteiger charge is 2.49. The lowest BCUT2D eigenvalue weighted by Gasteiger charge is -2.15. The molecule has 0 aromatic heterocycles. The van der Waals surface area contributed by atoms with Crippen molar-refractivity contribution in [2.24, 2.45) is 0 Å². The van der Waals surface area contributed by atoms with Crippen LogP contribution >= 0.6 is 0 Å². The molecule has 2 unspecified atom stereocenters. The molecule has 1 aliphatic heterocycles. The van der Waals surface area contributed by atoms with Crippen LogP contribution in [0.2, 0.25) is 0 Å². The molecule has 10 heavy (non-hydrogen) atoms. The molecule has 0 aromatic rings. The van der Waals surface area contributed by atoms with Gasteiger partial charge in [0.1, 0.15) is 0 Å². The second-order valence-corrected chi connectivity index (χ2v) is 3.45. The number of hydrogen-bond donors (Lipinski definition) is 3. The second kappa shape index (κ2) is 1.94. The highest BCUT2D eigenvalue weighted by molar-refractivity contribution is 5.06. The van der Waals surface area contributed by atoms with Crippen molar-refractivity contribution in [1.82, 2.24) is 5.32 Å². The van der Waals surface area contributed by atoms with Crippen LogP contribution in [0.1, 0.15) is 19.3 Å². The highest BCUT2D eigenvalue weighted by Crippen LogP contribution is 2.41. The molecule has 3 N–H and O–H groups in total. The SMILES string of the molecule is OC1CNC(C2(O)CC2)C1. The van der Waals surface area contributed by atoms with Crippen molar-refractivity contribution < 1.29 is 10.2 Å². The Balaban J connectivity index is 1.95. The minimum absolute atomic E-state index is 0.155. The maximum atomic E-state index is 9.57. The first-order valence-corrected chi connectivity index (χ1v) is 3.84. The van der Waals surface area contributed by atoms with Crippen molar-refractivity contribution >= 4 is 0 Å². The van der Waals surface area contributed by atoms with Crippen LogP contribution < -0.4 is 5.32 Å². The lowest BCUT2D eigenvalue weighted by molar-refractivity contribution is 0.102. The average molecular weight is 143 g/mol. The number of aliphatic hydroxyl groups excluding tert-OH is 1. The van der Waals surface area contributed by atoms with Crippen LogP contribution in [0.3, 0.4) is 0 Å². The highest BCUT2D eigenvalue weighted by atomic mass is 16.3. The van der Waals surface area contributed by atoms with Gasteiger partial charge in [-0.2, -0.15) is 0 Å². The van der Waals surface area contributed by atoms with E-state index < -0.39 is 5.60 Å². The quantitative estimate of drug-likeness (QED) is 0.452. The van der Waals surface area contributed by atoms with Gasteiger partial charge in [-0.3, -0.25) is 0 Å². The first-order chi connectivity index (χ1) is 4.71. The van der Waals surface area contributed by atoms with Crippen LogP contribution in [0, 0.1) is 0 Å².